The average molecular weight is 1010 g/mol. The summed E-state index contributed by atoms with van der Waals surface area (Å²) in [6.07, 6.45) is 5.71. The van der Waals surface area contributed by atoms with Crippen LogP contribution in [0.15, 0.2) is 103 Å². The predicted molar refractivity (Wildman–Crippen MR) is 268 cm³/mol. The molecule has 0 saturated heterocycles. The first-order chi connectivity index (χ1) is 34.1. The van der Waals surface area contributed by atoms with Crippen LogP contribution in [-0.2, 0) is 49.1 Å². The Morgan fingerprint density at radius 1 is 0.662 bits per heavy atom. The van der Waals surface area contributed by atoms with Crippen LogP contribution in [0.2, 0.25) is 10.0 Å². The second-order valence-electron chi connectivity index (χ2n) is 16.7. The Bertz CT molecular complexity index is 2930. The van der Waals surface area contributed by atoms with E-state index in [-0.39, 0.29) is 49.6 Å². The van der Waals surface area contributed by atoms with E-state index in [1.54, 1.807) is 62.2 Å². The van der Waals surface area contributed by atoms with Crippen LogP contribution < -0.4 is 29.6 Å². The zero-order chi connectivity index (χ0) is 51.2. The number of aliphatic hydroxyl groups excluding tert-OH is 2. The van der Waals surface area contributed by atoms with Gasteiger partial charge in [0.05, 0.1) is 27.8 Å². The zero-order valence-electron chi connectivity index (χ0n) is 39.7. The average Bonchev–Trinajstić information content (AvgIpc) is 3.33. The number of aliphatic carboxylic acids is 2. The molecule has 4 aromatic carbocycles. The molecule has 16 nitrogen and oxygen atoms in total. The molecule has 0 amide bonds. The summed E-state index contributed by atoms with van der Waals surface area (Å²) in [5.74, 6) is -1.04. The smallest absolute Gasteiger partial charge is 0.323 e. The van der Waals surface area contributed by atoms with Gasteiger partial charge >= 0.3 is 11.9 Å². The Labute approximate surface area is 421 Å². The fourth-order valence-electron chi connectivity index (χ4n) is 7.62. The molecule has 2 heterocycles. The third-order valence-corrected chi connectivity index (χ3v) is 12.1. The summed E-state index contributed by atoms with van der Waals surface area (Å²) in [5, 5.41) is 55.1. The van der Waals surface area contributed by atoms with Crippen LogP contribution in [0.4, 0.5) is 0 Å². The number of aromatic nitrogens is 2. The SMILES string of the molecule is CN=Cc1cncc(COc2cc(OCc3cccc(-c4cccc(COc5cc(OCc6cncc(C#N)c6)c(CN[C@H](C(=O)O)[C@H](C)O)cc5Cl)c4C)c3C)c(Cl)cc2CN[C@H](C(=O)O)[C@H](C)O)c1. The van der Waals surface area contributed by atoms with Crippen molar-refractivity contribution >= 4 is 41.4 Å². The van der Waals surface area contributed by atoms with Gasteiger partial charge in [-0.3, -0.25) is 35.2 Å². The number of benzene rings is 4. The number of aliphatic hydroxyl groups is 2. The van der Waals surface area contributed by atoms with Crippen molar-refractivity contribution in [3.63, 3.8) is 0 Å². The summed E-state index contributed by atoms with van der Waals surface area (Å²) in [6.45, 7) is 7.26. The fourth-order valence-corrected chi connectivity index (χ4v) is 8.10. The summed E-state index contributed by atoms with van der Waals surface area (Å²) in [6, 6.07) is 21.6. The molecule has 0 unspecified atom stereocenters. The van der Waals surface area contributed by atoms with Crippen molar-refractivity contribution in [2.75, 3.05) is 7.05 Å². The van der Waals surface area contributed by atoms with Crippen LogP contribution in [0, 0.1) is 25.2 Å². The number of carboxylic acids is 2. The standard InChI is InChI=1S/C53H54Cl2N6O10/c1-30-38(28-70-48-16-46(68-26-36-12-34(18-56)20-58-22-36)40(14-44(48)54)24-60-50(32(3)62)52(64)65)8-6-10-42(30)43-11-7-9-39(31(43)2)29-71-49-17-47(69-27-37-13-35(19-57-5)21-59-23-37)41(15-45(49)55)25-61-51(33(4)63)53(66)67/h6-17,19-23,32-33,50-51,60-63H,24-29H2,1-5H3,(H,64,65)(H,66,67)/t32-,33-,50-,51-/m0/s1. The number of hydrogen-bond acceptors (Lipinski definition) is 14. The molecule has 370 valence electrons. The molecule has 6 aromatic rings. The number of halogens is 2. The molecule has 6 rings (SSSR count). The predicted octanol–water partition coefficient (Wildman–Crippen LogP) is 8.15. The number of carbonyl (C=O) groups is 2. The number of aliphatic imine (C=N–C) groups is 1. The molecule has 0 bridgehead atoms. The number of nitriles is 1. The van der Waals surface area contributed by atoms with E-state index in [1.165, 1.54) is 20.0 Å². The van der Waals surface area contributed by atoms with Crippen LogP contribution in [-0.4, -0.2) is 79.9 Å². The number of nitrogens with one attached hydrogen (secondary N) is 2. The minimum Gasteiger partial charge on any atom is -0.488 e. The molecule has 0 saturated carbocycles. The number of ether oxygens (including phenoxy) is 4. The van der Waals surface area contributed by atoms with Crippen molar-refractivity contribution in [3.05, 3.63) is 163 Å². The first-order valence-electron chi connectivity index (χ1n) is 22.4. The molecular weight excluding hydrogens is 952 g/mol. The van der Waals surface area contributed by atoms with Crippen LogP contribution in [0.25, 0.3) is 11.1 Å². The van der Waals surface area contributed by atoms with Crippen molar-refractivity contribution < 1.29 is 49.0 Å². The Morgan fingerprint density at radius 3 is 1.55 bits per heavy atom. The second kappa shape index (κ2) is 25.1. The molecule has 18 heteroatoms. The van der Waals surface area contributed by atoms with Gasteiger partial charge < -0.3 is 39.4 Å². The first-order valence-corrected chi connectivity index (χ1v) is 23.1. The lowest BCUT2D eigenvalue weighted by molar-refractivity contribution is -0.143. The number of nitrogens with zero attached hydrogens (tertiary/aromatic N) is 4. The maximum absolute atomic E-state index is 11.8. The van der Waals surface area contributed by atoms with E-state index in [0.717, 1.165) is 44.5 Å². The number of hydrogen-bond donors (Lipinski definition) is 6. The minimum absolute atomic E-state index is 0.00365. The van der Waals surface area contributed by atoms with E-state index in [2.05, 4.69) is 31.7 Å². The third kappa shape index (κ3) is 14.3. The van der Waals surface area contributed by atoms with Gasteiger partial charge in [0.15, 0.2) is 0 Å². The molecule has 0 radical (unpaired) electrons. The fraction of sp³-hybridized carbons (Fsp3) is 0.283. The summed E-state index contributed by atoms with van der Waals surface area (Å²) in [5.41, 5.74) is 9.26. The zero-order valence-corrected chi connectivity index (χ0v) is 41.2. The van der Waals surface area contributed by atoms with E-state index in [0.29, 0.717) is 45.3 Å². The lowest BCUT2D eigenvalue weighted by Gasteiger charge is -2.20. The highest BCUT2D eigenvalue weighted by Gasteiger charge is 2.25. The van der Waals surface area contributed by atoms with Crippen LogP contribution >= 0.6 is 23.2 Å². The molecule has 0 aliphatic rings. The van der Waals surface area contributed by atoms with Crippen LogP contribution in [0.3, 0.4) is 0 Å². The maximum Gasteiger partial charge on any atom is 0.323 e. The Kier molecular flexibility index (Phi) is 18.9. The monoisotopic (exact) mass is 1000 g/mol. The summed E-state index contributed by atoms with van der Waals surface area (Å²) in [4.78, 5) is 36.1. The topological polar surface area (TPSA) is 238 Å². The van der Waals surface area contributed by atoms with E-state index in [1.807, 2.05) is 56.3 Å². The van der Waals surface area contributed by atoms with Crippen LogP contribution in [0.1, 0.15) is 69.5 Å². The second-order valence-corrected chi connectivity index (χ2v) is 17.5. The molecule has 2 aromatic heterocycles. The Balaban J connectivity index is 1.21. The Hall–Kier alpha value is -7.10. The van der Waals surface area contributed by atoms with Crippen molar-refractivity contribution in [1.29, 1.82) is 5.26 Å². The van der Waals surface area contributed by atoms with Gasteiger partial charge in [0.2, 0.25) is 0 Å². The highest BCUT2D eigenvalue weighted by molar-refractivity contribution is 6.32. The van der Waals surface area contributed by atoms with Gasteiger partial charge in [0.25, 0.3) is 0 Å². The molecule has 0 aliphatic carbocycles. The quantitative estimate of drug-likeness (QED) is 0.0314. The van der Waals surface area contributed by atoms with Crippen molar-refractivity contribution in [2.24, 2.45) is 4.99 Å². The molecule has 6 N–H and O–H groups in total. The van der Waals surface area contributed by atoms with Crippen molar-refractivity contribution in [2.45, 2.75) is 91.5 Å². The van der Waals surface area contributed by atoms with Gasteiger partial charge in [-0.25, -0.2) is 0 Å². The van der Waals surface area contributed by atoms with Gasteiger partial charge in [0.1, 0.15) is 67.6 Å². The highest BCUT2D eigenvalue weighted by atomic mass is 35.5. The van der Waals surface area contributed by atoms with E-state index < -0.39 is 36.2 Å². The first kappa shape index (κ1) is 53.3. The minimum atomic E-state index is -1.25. The summed E-state index contributed by atoms with van der Waals surface area (Å²) >= 11 is 13.6. The van der Waals surface area contributed by atoms with Crippen LogP contribution in [0.5, 0.6) is 23.0 Å². The largest absolute Gasteiger partial charge is 0.488 e. The highest BCUT2D eigenvalue weighted by Crippen LogP contribution is 2.37. The molecule has 4 atom stereocenters. The summed E-state index contributed by atoms with van der Waals surface area (Å²) in [7, 11) is 1.67. The van der Waals surface area contributed by atoms with Crippen molar-refractivity contribution in [3.8, 4) is 40.2 Å². The van der Waals surface area contributed by atoms with Gasteiger partial charge in [-0.2, -0.15) is 5.26 Å². The van der Waals surface area contributed by atoms with E-state index in [4.69, 9.17) is 42.1 Å². The van der Waals surface area contributed by atoms with E-state index >= 15 is 0 Å². The third-order valence-electron chi connectivity index (χ3n) is 11.5. The molecule has 0 spiro atoms. The van der Waals surface area contributed by atoms with Gasteiger partial charge in [0, 0.05) is 91.1 Å². The van der Waals surface area contributed by atoms with E-state index in [9.17, 15) is 35.3 Å². The number of carboxylic acid groups (broad SMARTS) is 2. The lowest BCUT2D eigenvalue weighted by atomic mass is 9.92. The molecule has 71 heavy (non-hydrogen) atoms. The number of pyridine rings is 2. The molecule has 0 aliphatic heterocycles. The molecule has 0 fully saturated rings. The van der Waals surface area contributed by atoms with Gasteiger partial charge in [-0.1, -0.05) is 59.6 Å². The van der Waals surface area contributed by atoms with Crippen molar-refractivity contribution in [1.82, 2.24) is 20.6 Å². The maximum atomic E-state index is 11.8. The summed E-state index contributed by atoms with van der Waals surface area (Å²) < 4.78 is 25.2. The lowest BCUT2D eigenvalue weighted by Crippen LogP contribution is -2.44. The van der Waals surface area contributed by atoms with Gasteiger partial charge in [-0.15, -0.1) is 0 Å². The number of rotatable bonds is 24. The Morgan fingerprint density at radius 2 is 1.11 bits per heavy atom. The normalized spacial score (nSPS) is 13.0. The molecular formula is C53H54Cl2N6O10. The van der Waals surface area contributed by atoms with Gasteiger partial charge in [-0.05, 0) is 85.3 Å².